The predicted octanol–water partition coefficient (Wildman–Crippen LogP) is 3.57. The van der Waals surface area contributed by atoms with Crippen molar-refractivity contribution in [1.82, 2.24) is 10.2 Å². The summed E-state index contributed by atoms with van der Waals surface area (Å²) in [6.07, 6.45) is 2.53. The third kappa shape index (κ3) is 3.61. The molecular formula is C14H20Cl2N2. The number of hydrogen-bond acceptors (Lipinski definition) is 2. The van der Waals surface area contributed by atoms with Crippen molar-refractivity contribution in [1.29, 1.82) is 0 Å². The summed E-state index contributed by atoms with van der Waals surface area (Å²) in [4.78, 5) is 2.49. The molecule has 1 aromatic rings. The molecular weight excluding hydrogens is 267 g/mol. The van der Waals surface area contributed by atoms with Gasteiger partial charge in [0, 0.05) is 29.2 Å². The first-order chi connectivity index (χ1) is 8.70. The van der Waals surface area contributed by atoms with Crippen LogP contribution in [-0.2, 0) is 6.54 Å². The van der Waals surface area contributed by atoms with Gasteiger partial charge in [0.2, 0.25) is 0 Å². The Morgan fingerprint density at radius 3 is 2.83 bits per heavy atom. The first-order valence-electron chi connectivity index (χ1n) is 6.59. The first kappa shape index (κ1) is 14.1. The van der Waals surface area contributed by atoms with Gasteiger partial charge in [-0.3, -0.25) is 4.90 Å². The Bertz CT molecular complexity index is 389. The van der Waals surface area contributed by atoms with E-state index in [0.717, 1.165) is 36.8 Å². The van der Waals surface area contributed by atoms with Crippen LogP contribution in [0.3, 0.4) is 0 Å². The molecule has 1 aromatic carbocycles. The molecule has 1 atom stereocenters. The molecule has 100 valence electrons. The van der Waals surface area contributed by atoms with Gasteiger partial charge < -0.3 is 5.32 Å². The van der Waals surface area contributed by atoms with Gasteiger partial charge in [0.15, 0.2) is 0 Å². The summed E-state index contributed by atoms with van der Waals surface area (Å²) in [5.41, 5.74) is 1.16. The van der Waals surface area contributed by atoms with E-state index in [9.17, 15) is 0 Å². The molecule has 1 heterocycles. The van der Waals surface area contributed by atoms with Crippen LogP contribution in [0.25, 0.3) is 0 Å². The number of hydrogen-bond donors (Lipinski definition) is 1. The number of likely N-dealkylation sites (N-methyl/N-ethyl adjacent to an activating group) is 1. The molecule has 0 bridgehead atoms. The van der Waals surface area contributed by atoms with Crippen molar-refractivity contribution in [2.45, 2.75) is 32.4 Å². The van der Waals surface area contributed by atoms with E-state index in [2.05, 4.69) is 17.1 Å². The Hall–Kier alpha value is -0.280. The summed E-state index contributed by atoms with van der Waals surface area (Å²) in [7, 11) is 0. The van der Waals surface area contributed by atoms with Gasteiger partial charge in [-0.15, -0.1) is 0 Å². The van der Waals surface area contributed by atoms with Crippen LogP contribution in [0.2, 0.25) is 10.0 Å². The minimum atomic E-state index is 0.621. The highest BCUT2D eigenvalue weighted by Gasteiger charge is 2.20. The molecule has 0 aromatic heterocycles. The second-order valence-corrected chi connectivity index (χ2v) is 5.64. The standard InChI is InChI=1S/C14H20Cl2N2/c1-2-18(13-4-3-7-17-9-13)10-11-5-6-12(15)8-14(11)16/h5-6,8,13,17H,2-4,7,9-10H2,1H3. The molecule has 0 radical (unpaired) electrons. The van der Waals surface area contributed by atoms with E-state index in [-0.39, 0.29) is 0 Å². The fraction of sp³-hybridized carbons (Fsp3) is 0.571. The van der Waals surface area contributed by atoms with E-state index in [1.165, 1.54) is 12.8 Å². The summed E-state index contributed by atoms with van der Waals surface area (Å²) in [5, 5.41) is 4.93. The van der Waals surface area contributed by atoms with Gasteiger partial charge in [-0.05, 0) is 43.6 Å². The molecule has 0 spiro atoms. The maximum absolute atomic E-state index is 6.24. The molecule has 0 aliphatic carbocycles. The molecule has 1 aliphatic rings. The van der Waals surface area contributed by atoms with Crippen LogP contribution in [0.15, 0.2) is 18.2 Å². The van der Waals surface area contributed by atoms with E-state index in [1.54, 1.807) is 0 Å². The summed E-state index contributed by atoms with van der Waals surface area (Å²) in [6, 6.07) is 6.39. The molecule has 18 heavy (non-hydrogen) atoms. The lowest BCUT2D eigenvalue weighted by Crippen LogP contribution is -2.45. The monoisotopic (exact) mass is 286 g/mol. The van der Waals surface area contributed by atoms with Crippen LogP contribution in [0.5, 0.6) is 0 Å². The zero-order chi connectivity index (χ0) is 13.0. The zero-order valence-electron chi connectivity index (χ0n) is 10.8. The van der Waals surface area contributed by atoms with E-state index in [1.807, 2.05) is 18.2 Å². The first-order valence-corrected chi connectivity index (χ1v) is 7.35. The van der Waals surface area contributed by atoms with Crippen molar-refractivity contribution in [2.75, 3.05) is 19.6 Å². The van der Waals surface area contributed by atoms with Crippen molar-refractivity contribution in [3.8, 4) is 0 Å². The summed E-state index contributed by atoms with van der Waals surface area (Å²) >= 11 is 12.2. The maximum Gasteiger partial charge on any atom is 0.0465 e. The number of nitrogens with zero attached hydrogens (tertiary/aromatic N) is 1. The van der Waals surface area contributed by atoms with Crippen molar-refractivity contribution < 1.29 is 0 Å². The number of rotatable bonds is 4. The predicted molar refractivity (Wildman–Crippen MR) is 78.4 cm³/mol. The highest BCUT2D eigenvalue weighted by atomic mass is 35.5. The summed E-state index contributed by atoms with van der Waals surface area (Å²) in [5.74, 6) is 0. The van der Waals surface area contributed by atoms with Crippen LogP contribution < -0.4 is 5.32 Å². The maximum atomic E-state index is 6.24. The van der Waals surface area contributed by atoms with Gasteiger partial charge in [-0.2, -0.15) is 0 Å². The summed E-state index contributed by atoms with van der Waals surface area (Å²) in [6.45, 7) is 6.39. The number of nitrogens with one attached hydrogen (secondary N) is 1. The van der Waals surface area contributed by atoms with Crippen molar-refractivity contribution in [2.24, 2.45) is 0 Å². The Labute approximate surface area is 119 Å². The highest BCUT2D eigenvalue weighted by Crippen LogP contribution is 2.23. The van der Waals surface area contributed by atoms with Gasteiger partial charge in [-0.25, -0.2) is 0 Å². The molecule has 1 aliphatic heterocycles. The molecule has 1 unspecified atom stereocenters. The molecule has 0 amide bonds. The van der Waals surface area contributed by atoms with Crippen molar-refractivity contribution in [3.05, 3.63) is 33.8 Å². The highest BCUT2D eigenvalue weighted by molar-refractivity contribution is 6.35. The number of benzene rings is 1. The average Bonchev–Trinajstić information content (AvgIpc) is 2.39. The van der Waals surface area contributed by atoms with Gasteiger partial charge in [0.1, 0.15) is 0 Å². The zero-order valence-corrected chi connectivity index (χ0v) is 12.3. The van der Waals surface area contributed by atoms with Crippen LogP contribution in [0.1, 0.15) is 25.3 Å². The Kier molecular flexibility index (Phi) is 5.31. The van der Waals surface area contributed by atoms with Crippen molar-refractivity contribution in [3.63, 3.8) is 0 Å². The Balaban J connectivity index is 2.04. The molecule has 4 heteroatoms. The largest absolute Gasteiger partial charge is 0.315 e. The molecule has 1 N–H and O–H groups in total. The number of halogens is 2. The molecule has 2 rings (SSSR count). The SMILES string of the molecule is CCN(Cc1ccc(Cl)cc1Cl)C1CCCNC1. The van der Waals surface area contributed by atoms with Crippen LogP contribution >= 0.6 is 23.2 Å². The lowest BCUT2D eigenvalue weighted by Gasteiger charge is -2.34. The molecule has 2 nitrogen and oxygen atoms in total. The smallest absolute Gasteiger partial charge is 0.0465 e. The second-order valence-electron chi connectivity index (χ2n) is 4.80. The third-order valence-corrected chi connectivity index (χ3v) is 4.17. The van der Waals surface area contributed by atoms with E-state index in [0.29, 0.717) is 11.1 Å². The lowest BCUT2D eigenvalue weighted by molar-refractivity contribution is 0.166. The minimum Gasteiger partial charge on any atom is -0.315 e. The quantitative estimate of drug-likeness (QED) is 0.910. The fourth-order valence-corrected chi connectivity index (χ4v) is 2.98. The third-order valence-electron chi connectivity index (χ3n) is 3.58. The van der Waals surface area contributed by atoms with Gasteiger partial charge >= 0.3 is 0 Å². The van der Waals surface area contributed by atoms with Gasteiger partial charge in [0.25, 0.3) is 0 Å². The normalized spacial score (nSPS) is 20.3. The van der Waals surface area contributed by atoms with E-state index >= 15 is 0 Å². The van der Waals surface area contributed by atoms with Crippen LogP contribution in [-0.4, -0.2) is 30.6 Å². The lowest BCUT2D eigenvalue weighted by atomic mass is 10.0. The second kappa shape index (κ2) is 6.76. The Morgan fingerprint density at radius 2 is 2.22 bits per heavy atom. The Morgan fingerprint density at radius 1 is 1.39 bits per heavy atom. The van der Waals surface area contributed by atoms with Crippen LogP contribution in [0.4, 0.5) is 0 Å². The van der Waals surface area contributed by atoms with E-state index < -0.39 is 0 Å². The fourth-order valence-electron chi connectivity index (χ4n) is 2.51. The van der Waals surface area contributed by atoms with Crippen molar-refractivity contribution >= 4 is 23.2 Å². The van der Waals surface area contributed by atoms with Gasteiger partial charge in [-0.1, -0.05) is 36.2 Å². The minimum absolute atomic E-state index is 0.621. The number of piperidine rings is 1. The topological polar surface area (TPSA) is 15.3 Å². The molecule has 1 saturated heterocycles. The van der Waals surface area contributed by atoms with Gasteiger partial charge in [0.05, 0.1) is 0 Å². The molecule has 1 fully saturated rings. The average molecular weight is 287 g/mol. The summed E-state index contributed by atoms with van der Waals surface area (Å²) < 4.78 is 0. The van der Waals surface area contributed by atoms with E-state index in [4.69, 9.17) is 23.2 Å². The molecule has 0 saturated carbocycles. The van der Waals surface area contributed by atoms with Crippen LogP contribution in [0, 0.1) is 0 Å².